The van der Waals surface area contributed by atoms with Crippen LogP contribution in [0.25, 0.3) is 0 Å². The Kier molecular flexibility index (Phi) is 6.77. The maximum Gasteiger partial charge on any atom is 0.123 e. The molecule has 27 heavy (non-hydrogen) atoms. The van der Waals surface area contributed by atoms with Gasteiger partial charge in [0.25, 0.3) is 0 Å². The van der Waals surface area contributed by atoms with Gasteiger partial charge in [-0.25, -0.2) is 0 Å². The lowest BCUT2D eigenvalue weighted by Gasteiger charge is -2.38. The van der Waals surface area contributed by atoms with Crippen LogP contribution in [0.5, 0.6) is 5.75 Å². The Morgan fingerprint density at radius 2 is 1.74 bits per heavy atom. The molecule has 0 aromatic heterocycles. The number of rotatable bonds is 7. The van der Waals surface area contributed by atoms with Crippen LogP contribution in [0.1, 0.15) is 24.0 Å². The summed E-state index contributed by atoms with van der Waals surface area (Å²) in [5, 5.41) is 11.7. The topological polar surface area (TPSA) is 35.9 Å². The molecule has 0 aliphatic carbocycles. The van der Waals surface area contributed by atoms with Crippen molar-refractivity contribution < 1.29 is 9.84 Å². The summed E-state index contributed by atoms with van der Waals surface area (Å²) in [6.45, 7) is 4.12. The molecule has 0 amide bonds. The molecule has 1 aliphatic heterocycles. The first-order chi connectivity index (χ1) is 13.0. The van der Waals surface area contributed by atoms with Crippen LogP contribution in [0.15, 0.2) is 48.5 Å². The van der Waals surface area contributed by atoms with Gasteiger partial charge < -0.3 is 14.7 Å². The molecule has 1 heterocycles. The van der Waals surface area contributed by atoms with Crippen LogP contribution in [0.2, 0.25) is 5.02 Å². The van der Waals surface area contributed by atoms with Crippen molar-refractivity contribution in [1.82, 2.24) is 9.80 Å². The maximum absolute atomic E-state index is 11.0. The molecule has 0 bridgehead atoms. The number of hydrogen-bond acceptors (Lipinski definition) is 4. The average molecular weight is 389 g/mol. The maximum atomic E-state index is 11.0. The van der Waals surface area contributed by atoms with Crippen LogP contribution < -0.4 is 4.74 Å². The van der Waals surface area contributed by atoms with E-state index in [0.29, 0.717) is 11.6 Å². The van der Waals surface area contributed by atoms with E-state index >= 15 is 0 Å². The number of para-hydroxylation sites is 1. The second-order valence-electron chi connectivity index (χ2n) is 7.57. The molecule has 5 heteroatoms. The van der Waals surface area contributed by atoms with E-state index in [0.717, 1.165) is 50.3 Å². The minimum Gasteiger partial charge on any atom is -0.492 e. The average Bonchev–Trinajstić information content (AvgIpc) is 2.65. The molecule has 2 aromatic rings. The number of ether oxygens (including phenoxy) is 1. The number of benzene rings is 2. The third-order valence-corrected chi connectivity index (χ3v) is 5.48. The van der Waals surface area contributed by atoms with Gasteiger partial charge in [-0.1, -0.05) is 41.9 Å². The van der Waals surface area contributed by atoms with E-state index in [4.69, 9.17) is 16.3 Å². The number of nitrogens with zero attached hydrogens (tertiary/aromatic N) is 2. The van der Waals surface area contributed by atoms with Crippen molar-refractivity contribution in [3.8, 4) is 5.75 Å². The fraction of sp³-hybridized carbons (Fsp3) is 0.455. The fourth-order valence-corrected chi connectivity index (χ4v) is 3.61. The van der Waals surface area contributed by atoms with Crippen molar-refractivity contribution in [2.45, 2.75) is 25.0 Å². The Balaban J connectivity index is 1.58. The summed E-state index contributed by atoms with van der Waals surface area (Å²) < 4.78 is 5.98. The van der Waals surface area contributed by atoms with Crippen molar-refractivity contribution in [2.75, 3.05) is 40.3 Å². The molecule has 0 saturated carbocycles. The van der Waals surface area contributed by atoms with E-state index in [1.54, 1.807) is 0 Å². The lowest BCUT2D eigenvalue weighted by molar-refractivity contribution is -0.0278. The van der Waals surface area contributed by atoms with Crippen LogP contribution in [0.3, 0.4) is 0 Å². The first-order valence-corrected chi connectivity index (χ1v) is 9.90. The number of aliphatic hydroxyl groups is 1. The summed E-state index contributed by atoms with van der Waals surface area (Å²) in [5.41, 5.74) is 1.40. The zero-order valence-electron chi connectivity index (χ0n) is 16.2. The second-order valence-corrected chi connectivity index (χ2v) is 8.01. The SMILES string of the molecule is CN(C)CCOc1ccccc1CN1CCC(O)(c2ccc(Cl)cc2)CC1. The van der Waals surface area contributed by atoms with Gasteiger partial charge in [0.1, 0.15) is 12.4 Å². The summed E-state index contributed by atoms with van der Waals surface area (Å²) in [4.78, 5) is 4.50. The zero-order valence-corrected chi connectivity index (χ0v) is 17.0. The van der Waals surface area contributed by atoms with Gasteiger partial charge in [-0.3, -0.25) is 4.90 Å². The van der Waals surface area contributed by atoms with E-state index in [-0.39, 0.29) is 0 Å². The van der Waals surface area contributed by atoms with Gasteiger partial charge >= 0.3 is 0 Å². The minimum atomic E-state index is -0.761. The van der Waals surface area contributed by atoms with Gasteiger partial charge in [0.2, 0.25) is 0 Å². The number of hydrogen-bond donors (Lipinski definition) is 1. The highest BCUT2D eigenvalue weighted by atomic mass is 35.5. The van der Waals surface area contributed by atoms with Crippen LogP contribution >= 0.6 is 11.6 Å². The van der Waals surface area contributed by atoms with Gasteiger partial charge in [0.05, 0.1) is 5.60 Å². The van der Waals surface area contributed by atoms with Gasteiger partial charge in [-0.2, -0.15) is 0 Å². The fourth-order valence-electron chi connectivity index (χ4n) is 3.48. The summed E-state index contributed by atoms with van der Waals surface area (Å²) in [6.07, 6.45) is 1.44. The molecule has 0 radical (unpaired) electrons. The van der Waals surface area contributed by atoms with Crippen molar-refractivity contribution in [2.24, 2.45) is 0 Å². The van der Waals surface area contributed by atoms with E-state index in [2.05, 4.69) is 21.9 Å². The number of piperidine rings is 1. The molecule has 4 nitrogen and oxygen atoms in total. The molecule has 1 saturated heterocycles. The van der Waals surface area contributed by atoms with Gasteiger partial charge in [-0.15, -0.1) is 0 Å². The Morgan fingerprint density at radius 3 is 2.41 bits per heavy atom. The molecule has 1 fully saturated rings. The van der Waals surface area contributed by atoms with Gasteiger partial charge in [-0.05, 0) is 50.7 Å². The lowest BCUT2D eigenvalue weighted by Crippen LogP contribution is -2.42. The zero-order chi connectivity index (χ0) is 19.3. The van der Waals surface area contributed by atoms with Crippen LogP contribution in [-0.2, 0) is 12.1 Å². The molecule has 0 spiro atoms. The van der Waals surface area contributed by atoms with Crippen molar-refractivity contribution in [3.05, 3.63) is 64.7 Å². The summed E-state index contributed by atoms with van der Waals surface area (Å²) in [7, 11) is 4.09. The summed E-state index contributed by atoms with van der Waals surface area (Å²) in [5.74, 6) is 0.956. The van der Waals surface area contributed by atoms with Crippen molar-refractivity contribution in [3.63, 3.8) is 0 Å². The van der Waals surface area contributed by atoms with E-state index in [9.17, 15) is 5.11 Å². The quantitative estimate of drug-likeness (QED) is 0.783. The first kappa shape index (κ1) is 20.2. The number of likely N-dealkylation sites (N-methyl/N-ethyl adjacent to an activating group) is 1. The smallest absolute Gasteiger partial charge is 0.123 e. The van der Waals surface area contributed by atoms with Crippen LogP contribution in [-0.4, -0.2) is 55.2 Å². The monoisotopic (exact) mass is 388 g/mol. The predicted octanol–water partition coefficient (Wildman–Crippen LogP) is 3.76. The lowest BCUT2D eigenvalue weighted by atomic mass is 9.84. The van der Waals surface area contributed by atoms with E-state index < -0.39 is 5.60 Å². The summed E-state index contributed by atoms with van der Waals surface area (Å²) in [6, 6.07) is 15.8. The largest absolute Gasteiger partial charge is 0.492 e. The molecule has 3 rings (SSSR count). The molecule has 1 aliphatic rings. The molecule has 146 valence electrons. The minimum absolute atomic E-state index is 0.681. The first-order valence-electron chi connectivity index (χ1n) is 9.52. The molecular formula is C22H29ClN2O2. The number of likely N-dealkylation sites (tertiary alicyclic amines) is 1. The molecule has 0 unspecified atom stereocenters. The van der Waals surface area contributed by atoms with E-state index in [1.165, 1.54) is 5.56 Å². The van der Waals surface area contributed by atoms with E-state index in [1.807, 2.05) is 50.5 Å². The third-order valence-electron chi connectivity index (χ3n) is 5.23. The normalized spacial score (nSPS) is 17.2. The highest BCUT2D eigenvalue weighted by Gasteiger charge is 2.34. The molecule has 1 N–H and O–H groups in total. The number of halogens is 1. The summed E-state index contributed by atoms with van der Waals surface area (Å²) >= 11 is 5.97. The highest BCUT2D eigenvalue weighted by molar-refractivity contribution is 6.30. The standard InChI is InChI=1S/C22H29ClN2O2/c1-24(2)15-16-27-21-6-4-3-5-18(21)17-25-13-11-22(26,12-14-25)19-7-9-20(23)10-8-19/h3-10,26H,11-17H2,1-2H3. The highest BCUT2D eigenvalue weighted by Crippen LogP contribution is 2.34. The second kappa shape index (κ2) is 9.07. The van der Waals surface area contributed by atoms with Crippen molar-refractivity contribution >= 4 is 11.6 Å². The van der Waals surface area contributed by atoms with Gasteiger partial charge in [0, 0.05) is 36.8 Å². The van der Waals surface area contributed by atoms with Crippen LogP contribution in [0.4, 0.5) is 0 Å². The Hall–Kier alpha value is -1.59. The molecule has 2 aromatic carbocycles. The Labute approximate surface area is 167 Å². The third kappa shape index (κ3) is 5.45. The molecule has 0 atom stereocenters. The Morgan fingerprint density at radius 1 is 1.07 bits per heavy atom. The molecular weight excluding hydrogens is 360 g/mol. The van der Waals surface area contributed by atoms with Gasteiger partial charge in [0.15, 0.2) is 0 Å². The van der Waals surface area contributed by atoms with Crippen molar-refractivity contribution in [1.29, 1.82) is 0 Å². The predicted molar refractivity (Wildman–Crippen MR) is 110 cm³/mol. The Bertz CT molecular complexity index is 725. The van der Waals surface area contributed by atoms with Crippen LogP contribution in [0, 0.1) is 0 Å².